The first-order valence-corrected chi connectivity index (χ1v) is 5.83. The zero-order valence-corrected chi connectivity index (χ0v) is 8.62. The van der Waals surface area contributed by atoms with Gasteiger partial charge in [-0.3, -0.25) is 4.72 Å². The first-order valence-electron chi connectivity index (χ1n) is 3.93. The zero-order chi connectivity index (χ0) is 11.6. The van der Waals surface area contributed by atoms with Gasteiger partial charge >= 0.3 is 7.12 Å². The van der Waals surface area contributed by atoms with Gasteiger partial charge in [-0.15, -0.1) is 0 Å². The molecule has 0 saturated carbocycles. The number of hydrogen-bond donors (Lipinski definition) is 3. The lowest BCUT2D eigenvalue weighted by Gasteiger charge is -2.08. The Bertz CT molecular complexity index is 462. The molecule has 5 nitrogen and oxygen atoms in total. The largest absolute Gasteiger partial charge is 0.491 e. The van der Waals surface area contributed by atoms with Gasteiger partial charge in [0, 0.05) is 5.46 Å². The Balaban J connectivity index is 3.16. The van der Waals surface area contributed by atoms with Gasteiger partial charge in [0.05, 0.1) is 11.9 Å². The van der Waals surface area contributed by atoms with Crippen LogP contribution in [0.15, 0.2) is 18.2 Å². The summed E-state index contributed by atoms with van der Waals surface area (Å²) in [4.78, 5) is 0. The van der Waals surface area contributed by atoms with Gasteiger partial charge in [0.1, 0.15) is 5.82 Å². The van der Waals surface area contributed by atoms with E-state index in [9.17, 15) is 12.8 Å². The molecule has 0 aliphatic rings. The Kier molecular flexibility index (Phi) is 3.33. The molecule has 0 amide bonds. The molecule has 0 atom stereocenters. The van der Waals surface area contributed by atoms with Crippen LogP contribution in [0.5, 0.6) is 0 Å². The van der Waals surface area contributed by atoms with Crippen LogP contribution in [-0.4, -0.2) is 31.8 Å². The molecule has 15 heavy (non-hydrogen) atoms. The smallest absolute Gasteiger partial charge is 0.423 e. The number of hydrogen-bond acceptors (Lipinski definition) is 4. The van der Waals surface area contributed by atoms with Crippen LogP contribution in [0.4, 0.5) is 10.1 Å². The fraction of sp³-hybridized carbons (Fsp3) is 0.143. The van der Waals surface area contributed by atoms with E-state index in [-0.39, 0.29) is 11.2 Å². The average molecular weight is 233 g/mol. The summed E-state index contributed by atoms with van der Waals surface area (Å²) in [7, 11) is -5.58. The van der Waals surface area contributed by atoms with Gasteiger partial charge < -0.3 is 10.0 Å². The third-order valence-corrected chi connectivity index (χ3v) is 2.19. The normalized spacial score (nSPS) is 11.2. The first kappa shape index (κ1) is 12.0. The van der Waals surface area contributed by atoms with E-state index < -0.39 is 23.0 Å². The molecule has 0 aliphatic heterocycles. The average Bonchev–Trinajstić information content (AvgIpc) is 2.05. The Morgan fingerprint density at radius 2 is 2.00 bits per heavy atom. The number of anilines is 1. The van der Waals surface area contributed by atoms with Gasteiger partial charge in [-0.05, 0) is 6.07 Å². The van der Waals surface area contributed by atoms with Crippen molar-refractivity contribution < 1.29 is 22.9 Å². The number of nitrogens with one attached hydrogen (secondary N) is 1. The summed E-state index contributed by atoms with van der Waals surface area (Å²) in [6, 6.07) is 3.64. The second kappa shape index (κ2) is 4.17. The van der Waals surface area contributed by atoms with Crippen LogP contribution in [0.3, 0.4) is 0 Å². The molecule has 3 N–H and O–H groups in total. The van der Waals surface area contributed by atoms with Gasteiger partial charge in [-0.2, -0.15) is 0 Å². The first-order chi connectivity index (χ1) is 6.81. The molecule has 0 heterocycles. The maximum absolute atomic E-state index is 13.4. The number of sulfonamides is 1. The highest BCUT2D eigenvalue weighted by atomic mass is 32.2. The fourth-order valence-corrected chi connectivity index (χ4v) is 1.58. The van der Waals surface area contributed by atoms with E-state index in [4.69, 9.17) is 10.0 Å². The van der Waals surface area contributed by atoms with Crippen molar-refractivity contribution in [2.45, 2.75) is 0 Å². The summed E-state index contributed by atoms with van der Waals surface area (Å²) in [5.41, 5.74) is -0.702. The Labute approximate surface area is 86.8 Å². The molecule has 0 unspecified atom stereocenters. The van der Waals surface area contributed by atoms with E-state index in [1.54, 1.807) is 0 Å². The molecular weight excluding hydrogens is 224 g/mol. The Morgan fingerprint density at radius 3 is 2.47 bits per heavy atom. The summed E-state index contributed by atoms with van der Waals surface area (Å²) >= 11 is 0. The minimum Gasteiger partial charge on any atom is -0.423 e. The van der Waals surface area contributed by atoms with Crippen LogP contribution < -0.4 is 10.2 Å². The molecule has 8 heteroatoms. The second-order valence-corrected chi connectivity index (χ2v) is 4.71. The maximum Gasteiger partial charge on any atom is 0.491 e. The second-order valence-electron chi connectivity index (χ2n) is 2.96. The van der Waals surface area contributed by atoms with Crippen LogP contribution in [-0.2, 0) is 10.0 Å². The number of rotatable bonds is 3. The SMILES string of the molecule is CS(=O)(=O)Nc1cccc(B(O)O)c1F. The van der Waals surface area contributed by atoms with Gasteiger partial charge in [-0.1, -0.05) is 12.1 Å². The van der Waals surface area contributed by atoms with Crippen LogP contribution in [0.25, 0.3) is 0 Å². The van der Waals surface area contributed by atoms with E-state index >= 15 is 0 Å². The van der Waals surface area contributed by atoms with Gasteiger partial charge in [0.25, 0.3) is 0 Å². The van der Waals surface area contributed by atoms with Crippen molar-refractivity contribution in [2.75, 3.05) is 11.0 Å². The van der Waals surface area contributed by atoms with E-state index in [1.165, 1.54) is 12.1 Å². The van der Waals surface area contributed by atoms with Crippen LogP contribution in [0.2, 0.25) is 0 Å². The summed E-state index contributed by atoms with van der Waals surface area (Å²) < 4.78 is 37.0. The minimum absolute atomic E-state index is 0.317. The topological polar surface area (TPSA) is 86.6 Å². The predicted octanol–water partition coefficient (Wildman–Crippen LogP) is -1.12. The standard InChI is InChI=1S/C7H9BFNO4S/c1-15(13,14)10-6-4-2-3-5(7(6)9)8(11)12/h2-4,10-12H,1H3. The van der Waals surface area contributed by atoms with Crippen LogP contribution in [0, 0.1) is 5.82 Å². The van der Waals surface area contributed by atoms with E-state index in [1.807, 2.05) is 4.72 Å². The van der Waals surface area contributed by atoms with Crippen molar-refractivity contribution in [3.63, 3.8) is 0 Å². The van der Waals surface area contributed by atoms with Gasteiger partial charge in [-0.25, -0.2) is 12.8 Å². The molecule has 0 saturated heterocycles. The van der Waals surface area contributed by atoms with E-state index in [0.717, 1.165) is 12.3 Å². The summed E-state index contributed by atoms with van der Waals surface area (Å²) in [5.74, 6) is -1.00. The van der Waals surface area contributed by atoms with E-state index in [2.05, 4.69) is 0 Å². The van der Waals surface area contributed by atoms with Crippen molar-refractivity contribution in [3.05, 3.63) is 24.0 Å². The van der Waals surface area contributed by atoms with Crippen molar-refractivity contribution in [1.29, 1.82) is 0 Å². The third-order valence-electron chi connectivity index (χ3n) is 1.60. The fourth-order valence-electron chi connectivity index (χ4n) is 1.03. The minimum atomic E-state index is -3.60. The molecule has 1 rings (SSSR count). The van der Waals surface area contributed by atoms with Crippen LogP contribution in [0.1, 0.15) is 0 Å². The summed E-state index contributed by atoms with van der Waals surface area (Å²) in [6.45, 7) is 0. The Hall–Kier alpha value is -1.12. The Morgan fingerprint density at radius 1 is 1.40 bits per heavy atom. The molecule has 1 aromatic rings. The lowest BCUT2D eigenvalue weighted by atomic mass is 9.80. The lowest BCUT2D eigenvalue weighted by molar-refractivity contribution is 0.423. The van der Waals surface area contributed by atoms with Crippen molar-refractivity contribution in [3.8, 4) is 0 Å². The third kappa shape index (κ3) is 3.19. The lowest BCUT2D eigenvalue weighted by Crippen LogP contribution is -2.33. The molecular formula is C7H9BFNO4S. The van der Waals surface area contributed by atoms with Crippen molar-refractivity contribution in [2.24, 2.45) is 0 Å². The molecule has 0 aliphatic carbocycles. The molecule has 0 bridgehead atoms. The number of halogens is 1. The van der Waals surface area contributed by atoms with Crippen LogP contribution >= 0.6 is 0 Å². The number of benzene rings is 1. The molecule has 1 aromatic carbocycles. The van der Waals surface area contributed by atoms with E-state index in [0.29, 0.717) is 0 Å². The van der Waals surface area contributed by atoms with Gasteiger partial charge in [0.2, 0.25) is 10.0 Å². The molecule has 0 fully saturated rings. The summed E-state index contributed by atoms with van der Waals surface area (Å²) in [5, 5.41) is 17.5. The quantitative estimate of drug-likeness (QED) is 0.577. The summed E-state index contributed by atoms with van der Waals surface area (Å²) in [6.07, 6.45) is 0.870. The molecule has 0 radical (unpaired) electrons. The van der Waals surface area contributed by atoms with Gasteiger partial charge in [0.15, 0.2) is 0 Å². The molecule has 0 spiro atoms. The maximum atomic E-state index is 13.4. The highest BCUT2D eigenvalue weighted by molar-refractivity contribution is 7.92. The highest BCUT2D eigenvalue weighted by Gasteiger charge is 2.19. The van der Waals surface area contributed by atoms with Crippen molar-refractivity contribution in [1.82, 2.24) is 0 Å². The molecule has 82 valence electrons. The predicted molar refractivity (Wildman–Crippen MR) is 54.7 cm³/mol. The van der Waals surface area contributed by atoms with Crippen molar-refractivity contribution >= 4 is 28.3 Å². The molecule has 0 aromatic heterocycles. The zero-order valence-electron chi connectivity index (χ0n) is 7.81. The highest BCUT2D eigenvalue weighted by Crippen LogP contribution is 2.12. The monoisotopic (exact) mass is 233 g/mol.